The molecule has 1 rings (SSSR count). The third kappa shape index (κ3) is 4.28. The molecule has 4 nitrogen and oxygen atoms in total. The van der Waals surface area contributed by atoms with Gasteiger partial charge >= 0.3 is 5.97 Å². The fourth-order valence-corrected chi connectivity index (χ4v) is 2.18. The Morgan fingerprint density at radius 3 is 2.76 bits per heavy atom. The molecule has 0 bridgehead atoms. The molecule has 5 heteroatoms. The third-order valence-corrected chi connectivity index (χ3v) is 3.19. The monoisotopic (exact) mass is 256 g/mol. The van der Waals surface area contributed by atoms with Crippen LogP contribution in [-0.4, -0.2) is 37.7 Å². The molecule has 1 N–H and O–H groups in total. The van der Waals surface area contributed by atoms with Crippen LogP contribution in [0.3, 0.4) is 0 Å². The average molecular weight is 256 g/mol. The summed E-state index contributed by atoms with van der Waals surface area (Å²) in [4.78, 5) is 10.9. The van der Waals surface area contributed by atoms with E-state index in [-0.39, 0.29) is 5.56 Å². The highest BCUT2D eigenvalue weighted by atomic mass is 32.2. The molecule has 1 aromatic rings. The fourth-order valence-electron chi connectivity index (χ4n) is 1.33. The van der Waals surface area contributed by atoms with Crippen LogP contribution in [0.25, 0.3) is 0 Å². The second-order valence-corrected chi connectivity index (χ2v) is 4.49. The Labute approximate surface area is 105 Å². The Kier molecular flexibility index (Phi) is 5.86. The van der Waals surface area contributed by atoms with Gasteiger partial charge in [-0.3, -0.25) is 0 Å². The summed E-state index contributed by atoms with van der Waals surface area (Å²) in [5.74, 6) is 1.17. The van der Waals surface area contributed by atoms with Crippen LogP contribution < -0.4 is 4.74 Å². The predicted octanol–water partition coefficient (Wildman–Crippen LogP) is 2.27. The lowest BCUT2D eigenvalue weighted by Gasteiger charge is -2.07. The summed E-state index contributed by atoms with van der Waals surface area (Å²) in [5.41, 5.74) is 1.24. The minimum Gasteiger partial charge on any atom is -0.496 e. The van der Waals surface area contributed by atoms with Crippen LogP contribution in [0.2, 0.25) is 0 Å². The first-order valence-electron chi connectivity index (χ1n) is 5.16. The number of rotatable bonds is 7. The molecule has 17 heavy (non-hydrogen) atoms. The quantitative estimate of drug-likeness (QED) is 0.758. The van der Waals surface area contributed by atoms with Gasteiger partial charge in [0.25, 0.3) is 0 Å². The number of thioether (sulfide) groups is 1. The van der Waals surface area contributed by atoms with E-state index in [1.165, 1.54) is 7.11 Å². The summed E-state index contributed by atoms with van der Waals surface area (Å²) in [6, 6.07) is 5.16. The van der Waals surface area contributed by atoms with Crippen LogP contribution in [0, 0.1) is 0 Å². The maximum absolute atomic E-state index is 10.9. The number of ether oxygens (including phenoxy) is 2. The summed E-state index contributed by atoms with van der Waals surface area (Å²) >= 11 is 1.74. The summed E-state index contributed by atoms with van der Waals surface area (Å²) in [5, 5.41) is 8.93. The van der Waals surface area contributed by atoms with Gasteiger partial charge in [0.15, 0.2) is 0 Å². The molecule has 0 aromatic heterocycles. The van der Waals surface area contributed by atoms with Crippen molar-refractivity contribution in [2.45, 2.75) is 5.75 Å². The number of carboxylic acids is 1. The van der Waals surface area contributed by atoms with Gasteiger partial charge in [0, 0.05) is 18.6 Å². The molecule has 0 aliphatic carbocycles. The van der Waals surface area contributed by atoms with Gasteiger partial charge in [-0.05, 0) is 17.7 Å². The molecule has 0 unspecified atom stereocenters. The van der Waals surface area contributed by atoms with E-state index < -0.39 is 5.97 Å². The molecule has 94 valence electrons. The highest BCUT2D eigenvalue weighted by Crippen LogP contribution is 2.22. The number of aromatic carboxylic acids is 1. The van der Waals surface area contributed by atoms with Crippen molar-refractivity contribution in [2.24, 2.45) is 0 Å². The van der Waals surface area contributed by atoms with E-state index in [1.54, 1.807) is 31.0 Å². The van der Waals surface area contributed by atoms with Crippen LogP contribution in [0.5, 0.6) is 5.75 Å². The Balaban J connectivity index is 2.66. The van der Waals surface area contributed by atoms with Crippen molar-refractivity contribution in [1.29, 1.82) is 0 Å². The van der Waals surface area contributed by atoms with E-state index in [0.717, 1.165) is 23.7 Å². The van der Waals surface area contributed by atoms with Gasteiger partial charge < -0.3 is 14.6 Å². The van der Waals surface area contributed by atoms with Crippen LogP contribution in [0.4, 0.5) is 0 Å². The molecule has 1 aromatic carbocycles. The first-order chi connectivity index (χ1) is 8.19. The van der Waals surface area contributed by atoms with Crippen molar-refractivity contribution in [3.05, 3.63) is 29.3 Å². The topological polar surface area (TPSA) is 55.8 Å². The zero-order valence-corrected chi connectivity index (χ0v) is 10.8. The molecule has 0 saturated heterocycles. The lowest BCUT2D eigenvalue weighted by molar-refractivity contribution is 0.0693. The van der Waals surface area contributed by atoms with E-state index in [1.807, 2.05) is 6.07 Å². The number of carboxylic acid groups (broad SMARTS) is 1. The number of hydrogen-bond acceptors (Lipinski definition) is 4. The molecule has 0 fully saturated rings. The summed E-state index contributed by atoms with van der Waals surface area (Å²) in [6.45, 7) is 0.717. The van der Waals surface area contributed by atoms with Crippen molar-refractivity contribution < 1.29 is 19.4 Å². The second-order valence-electron chi connectivity index (χ2n) is 3.39. The van der Waals surface area contributed by atoms with Gasteiger partial charge in [0.1, 0.15) is 11.3 Å². The Bertz CT molecular complexity index is 379. The zero-order chi connectivity index (χ0) is 12.7. The van der Waals surface area contributed by atoms with Gasteiger partial charge in [0.2, 0.25) is 0 Å². The van der Waals surface area contributed by atoms with Crippen molar-refractivity contribution >= 4 is 17.7 Å². The van der Waals surface area contributed by atoms with Crippen LogP contribution in [-0.2, 0) is 10.5 Å². The molecule has 0 atom stereocenters. The molecule has 0 radical (unpaired) electrons. The normalized spacial score (nSPS) is 10.2. The largest absolute Gasteiger partial charge is 0.496 e. The molecular formula is C12H16O4S. The minimum absolute atomic E-state index is 0.193. The number of methoxy groups -OCH3 is 2. The van der Waals surface area contributed by atoms with Crippen molar-refractivity contribution in [3.63, 3.8) is 0 Å². The Morgan fingerprint density at radius 2 is 2.18 bits per heavy atom. The molecule has 0 saturated carbocycles. The maximum atomic E-state index is 10.9. The van der Waals surface area contributed by atoms with E-state index in [9.17, 15) is 4.79 Å². The highest BCUT2D eigenvalue weighted by Gasteiger charge is 2.10. The minimum atomic E-state index is -0.972. The summed E-state index contributed by atoms with van der Waals surface area (Å²) < 4.78 is 10.0. The Morgan fingerprint density at radius 1 is 1.41 bits per heavy atom. The number of benzene rings is 1. The van der Waals surface area contributed by atoms with Gasteiger partial charge in [-0.25, -0.2) is 4.79 Å². The lowest BCUT2D eigenvalue weighted by atomic mass is 10.1. The van der Waals surface area contributed by atoms with Crippen LogP contribution >= 0.6 is 11.8 Å². The number of carbonyl (C=O) groups is 1. The van der Waals surface area contributed by atoms with Crippen molar-refractivity contribution in [1.82, 2.24) is 0 Å². The molecule has 0 heterocycles. The SMILES string of the molecule is COCCSCc1ccc(C(=O)O)c(OC)c1. The second kappa shape index (κ2) is 7.19. The van der Waals surface area contributed by atoms with Gasteiger partial charge in [-0.1, -0.05) is 6.07 Å². The standard InChI is InChI=1S/C12H16O4S/c1-15-5-6-17-8-9-3-4-10(12(13)14)11(7-9)16-2/h3-4,7H,5-6,8H2,1-2H3,(H,13,14). The predicted molar refractivity (Wildman–Crippen MR) is 68.0 cm³/mol. The highest BCUT2D eigenvalue weighted by molar-refractivity contribution is 7.98. The first kappa shape index (κ1) is 13.9. The van der Waals surface area contributed by atoms with Crippen molar-refractivity contribution in [2.75, 3.05) is 26.6 Å². The van der Waals surface area contributed by atoms with Crippen molar-refractivity contribution in [3.8, 4) is 5.75 Å². The number of hydrogen-bond donors (Lipinski definition) is 1. The van der Waals surface area contributed by atoms with E-state index in [0.29, 0.717) is 5.75 Å². The van der Waals surface area contributed by atoms with E-state index >= 15 is 0 Å². The molecule has 0 aliphatic rings. The molecule has 0 aliphatic heterocycles. The maximum Gasteiger partial charge on any atom is 0.339 e. The van der Waals surface area contributed by atoms with E-state index in [2.05, 4.69) is 0 Å². The lowest BCUT2D eigenvalue weighted by Crippen LogP contribution is -2.01. The van der Waals surface area contributed by atoms with Crippen LogP contribution in [0.15, 0.2) is 18.2 Å². The first-order valence-corrected chi connectivity index (χ1v) is 6.31. The van der Waals surface area contributed by atoms with Gasteiger partial charge in [-0.15, -0.1) is 0 Å². The van der Waals surface area contributed by atoms with Gasteiger partial charge in [-0.2, -0.15) is 11.8 Å². The van der Waals surface area contributed by atoms with E-state index in [4.69, 9.17) is 14.6 Å². The summed E-state index contributed by atoms with van der Waals surface area (Å²) in [7, 11) is 3.15. The summed E-state index contributed by atoms with van der Waals surface area (Å²) in [6.07, 6.45) is 0. The smallest absolute Gasteiger partial charge is 0.339 e. The third-order valence-electron chi connectivity index (χ3n) is 2.20. The van der Waals surface area contributed by atoms with Crippen LogP contribution in [0.1, 0.15) is 15.9 Å². The van der Waals surface area contributed by atoms with Gasteiger partial charge in [0.05, 0.1) is 13.7 Å². The molecular weight excluding hydrogens is 240 g/mol. The average Bonchev–Trinajstić information content (AvgIpc) is 2.34. The zero-order valence-electron chi connectivity index (χ0n) is 9.93. The molecule has 0 amide bonds. The fraction of sp³-hybridized carbons (Fsp3) is 0.417. The molecule has 0 spiro atoms. The Hall–Kier alpha value is -1.20.